The number of nitrogens with zero attached hydrogens (tertiary/aromatic N) is 2. The number of carboxylic acids is 1. The van der Waals surface area contributed by atoms with Gasteiger partial charge in [0.05, 0.1) is 5.52 Å². The van der Waals surface area contributed by atoms with Crippen molar-refractivity contribution in [3.63, 3.8) is 0 Å². The zero-order valence-corrected chi connectivity index (χ0v) is 25.3. The summed E-state index contributed by atoms with van der Waals surface area (Å²) in [6.07, 6.45) is 3.22. The van der Waals surface area contributed by atoms with E-state index in [1.54, 1.807) is 48.7 Å². The molecule has 1 fully saturated rings. The lowest BCUT2D eigenvalue weighted by molar-refractivity contribution is -0.151. The summed E-state index contributed by atoms with van der Waals surface area (Å²) in [5.41, 5.74) is 1.72. The van der Waals surface area contributed by atoms with Crippen molar-refractivity contribution >= 4 is 52.3 Å². The number of aryl methyl sites for hydroxylation is 1. The number of thioether (sulfide) groups is 1. The van der Waals surface area contributed by atoms with Gasteiger partial charge in [0.25, 0.3) is 11.8 Å². The third kappa shape index (κ3) is 5.37. The molecule has 3 amide bonds. The number of pyridine rings is 1. The largest absolute Gasteiger partial charge is 0.477 e. The monoisotopic (exact) mass is 630 g/mol. The number of para-hydroxylation sites is 1. The number of carboxylic acid groups (broad SMARTS) is 1. The molecule has 0 aliphatic carbocycles. The fraction of sp³-hybridized carbons (Fsp3) is 0.312. The minimum Gasteiger partial charge on any atom is -0.477 e. The molecule has 2 aromatic carbocycles. The van der Waals surface area contributed by atoms with Gasteiger partial charge in [0.2, 0.25) is 11.3 Å². The van der Waals surface area contributed by atoms with Crippen LogP contribution in [-0.4, -0.2) is 68.0 Å². The molecule has 12 nitrogen and oxygen atoms in total. The van der Waals surface area contributed by atoms with Crippen LogP contribution in [0.4, 0.5) is 0 Å². The van der Waals surface area contributed by atoms with E-state index in [0.29, 0.717) is 10.9 Å². The van der Waals surface area contributed by atoms with Crippen LogP contribution in [0.25, 0.3) is 10.9 Å². The highest BCUT2D eigenvalue weighted by Gasteiger charge is 2.54. The van der Waals surface area contributed by atoms with Crippen molar-refractivity contribution in [1.29, 1.82) is 0 Å². The van der Waals surface area contributed by atoms with Crippen molar-refractivity contribution in [2.75, 3.05) is 12.4 Å². The van der Waals surface area contributed by atoms with Crippen molar-refractivity contribution in [2.45, 2.75) is 50.2 Å². The van der Waals surface area contributed by atoms with Crippen molar-refractivity contribution < 1.29 is 33.8 Å². The van der Waals surface area contributed by atoms with Crippen molar-refractivity contribution in [2.24, 2.45) is 0 Å². The Morgan fingerprint density at radius 2 is 1.84 bits per heavy atom. The maximum Gasteiger partial charge on any atom is 0.352 e. The molecule has 4 heterocycles. The number of carbonyl (C=O) groups is 5. The maximum absolute atomic E-state index is 13.7. The highest BCUT2D eigenvalue weighted by Crippen LogP contribution is 2.40. The molecule has 0 spiro atoms. The number of nitrogens with one attached hydrogen (secondary N) is 2. The number of fused-ring (bicyclic) bond motifs is 1. The molecule has 0 radical (unpaired) electrons. The summed E-state index contributed by atoms with van der Waals surface area (Å²) in [5.74, 6) is -3.85. The Balaban J connectivity index is 1.27. The molecule has 0 bridgehead atoms. The molecule has 3 aliphatic rings. The molecule has 3 aliphatic heterocycles. The van der Waals surface area contributed by atoms with E-state index in [1.165, 1.54) is 18.7 Å². The summed E-state index contributed by atoms with van der Waals surface area (Å²) in [5, 5.41) is 14.9. The SMILES string of the molecule is CC(=O)OCC1=C(C(=O)O)N2C(=O)C(NC(=O)C(NC(=O)c3cn4c5c(cccc5c3=O)CCC4C)c3ccccc3)C2SC1. The Hall–Kier alpha value is -4.91. The summed E-state index contributed by atoms with van der Waals surface area (Å²) in [6, 6.07) is 11.6. The lowest BCUT2D eigenvalue weighted by Gasteiger charge is -2.49. The number of hydrogen-bond donors (Lipinski definition) is 3. The summed E-state index contributed by atoms with van der Waals surface area (Å²) in [4.78, 5) is 78.6. The van der Waals surface area contributed by atoms with Gasteiger partial charge in [0.1, 0.15) is 35.3 Å². The third-order valence-electron chi connectivity index (χ3n) is 8.35. The molecule has 4 atom stereocenters. The van der Waals surface area contributed by atoms with E-state index in [1.807, 2.05) is 17.6 Å². The second-order valence-corrected chi connectivity index (χ2v) is 12.3. The molecule has 3 aromatic rings. The van der Waals surface area contributed by atoms with Gasteiger partial charge >= 0.3 is 11.9 Å². The molecular formula is C32H30N4O8S. The van der Waals surface area contributed by atoms with Gasteiger partial charge in [0.15, 0.2) is 0 Å². The number of ether oxygens (including phenoxy) is 1. The van der Waals surface area contributed by atoms with Crippen molar-refractivity contribution in [3.8, 4) is 0 Å². The predicted octanol–water partition coefficient (Wildman–Crippen LogP) is 2.28. The van der Waals surface area contributed by atoms with E-state index < -0.39 is 52.5 Å². The average Bonchev–Trinajstić information content (AvgIpc) is 3.03. The molecule has 232 valence electrons. The quantitative estimate of drug-likeness (QED) is 0.250. The maximum atomic E-state index is 13.7. The van der Waals surface area contributed by atoms with Crippen LogP contribution in [0.15, 0.2) is 70.8 Å². The average molecular weight is 631 g/mol. The lowest BCUT2D eigenvalue weighted by atomic mass is 9.96. The second-order valence-electron chi connectivity index (χ2n) is 11.2. The van der Waals surface area contributed by atoms with Gasteiger partial charge in [-0.25, -0.2) is 4.79 Å². The first kappa shape index (κ1) is 30.1. The fourth-order valence-corrected chi connectivity index (χ4v) is 7.40. The molecule has 3 N–H and O–H groups in total. The number of hydrogen-bond acceptors (Lipinski definition) is 8. The smallest absolute Gasteiger partial charge is 0.352 e. The van der Waals surface area contributed by atoms with Gasteiger partial charge in [-0.2, -0.15) is 0 Å². The number of benzene rings is 2. The minimum absolute atomic E-state index is 0.0580. The van der Waals surface area contributed by atoms with Gasteiger partial charge in [-0.3, -0.25) is 28.9 Å². The number of amides is 3. The van der Waals surface area contributed by atoms with Crippen LogP contribution in [-0.2, 0) is 30.3 Å². The van der Waals surface area contributed by atoms with Crippen LogP contribution < -0.4 is 16.1 Å². The number of aliphatic carboxylic acids is 1. The molecule has 6 rings (SSSR count). The zero-order chi connectivity index (χ0) is 32.0. The van der Waals surface area contributed by atoms with Gasteiger partial charge < -0.3 is 25.0 Å². The third-order valence-corrected chi connectivity index (χ3v) is 9.69. The minimum atomic E-state index is -1.35. The summed E-state index contributed by atoms with van der Waals surface area (Å²) in [7, 11) is 0. The van der Waals surface area contributed by atoms with E-state index in [0.717, 1.165) is 28.8 Å². The summed E-state index contributed by atoms with van der Waals surface area (Å²) in [6.45, 7) is 2.95. The van der Waals surface area contributed by atoms with Crippen LogP contribution in [0.2, 0.25) is 0 Å². The van der Waals surface area contributed by atoms with Gasteiger partial charge in [-0.15, -0.1) is 11.8 Å². The second kappa shape index (κ2) is 11.9. The van der Waals surface area contributed by atoms with Gasteiger partial charge in [0, 0.05) is 35.9 Å². The van der Waals surface area contributed by atoms with Crippen LogP contribution in [0.3, 0.4) is 0 Å². The van der Waals surface area contributed by atoms with Crippen LogP contribution in [0, 0.1) is 0 Å². The number of carbonyl (C=O) groups excluding carboxylic acids is 4. The summed E-state index contributed by atoms with van der Waals surface area (Å²) >= 11 is 1.23. The van der Waals surface area contributed by atoms with E-state index in [9.17, 15) is 33.9 Å². The van der Waals surface area contributed by atoms with Crippen LogP contribution >= 0.6 is 11.8 Å². The number of rotatable bonds is 8. The molecular weight excluding hydrogens is 600 g/mol. The standard InChI is InChI=1S/C32H30N4O8S/c1-16-11-12-19-9-6-10-21-25(19)35(16)13-22(27(21)38)28(39)33-23(18-7-4-3-5-8-18)29(40)34-24-30(41)36-26(32(42)43)20(14-44-17(2)37)15-45-31(24)36/h3-10,13,16,23-24,31H,11-12,14-15H2,1-2H3,(H,33,39)(H,34,40)(H,42,43). The molecule has 45 heavy (non-hydrogen) atoms. The molecule has 0 saturated carbocycles. The highest BCUT2D eigenvalue weighted by molar-refractivity contribution is 8.00. The van der Waals surface area contributed by atoms with Crippen molar-refractivity contribution in [1.82, 2.24) is 20.1 Å². The van der Waals surface area contributed by atoms with E-state index >= 15 is 0 Å². The highest BCUT2D eigenvalue weighted by atomic mass is 32.2. The first-order valence-corrected chi connectivity index (χ1v) is 15.5. The topological polar surface area (TPSA) is 164 Å². The lowest BCUT2D eigenvalue weighted by Crippen LogP contribution is -2.71. The fourth-order valence-electron chi connectivity index (χ4n) is 6.08. The van der Waals surface area contributed by atoms with E-state index in [2.05, 4.69) is 10.6 Å². The first-order chi connectivity index (χ1) is 21.6. The Morgan fingerprint density at radius 1 is 1.09 bits per heavy atom. The van der Waals surface area contributed by atoms with Gasteiger partial charge in [-0.1, -0.05) is 42.5 Å². The Bertz CT molecular complexity index is 1850. The van der Waals surface area contributed by atoms with E-state index in [-0.39, 0.29) is 35.2 Å². The summed E-state index contributed by atoms with van der Waals surface area (Å²) < 4.78 is 6.90. The van der Waals surface area contributed by atoms with Crippen LogP contribution in [0.5, 0.6) is 0 Å². The Labute approximate surface area is 261 Å². The number of β-lactam (4-membered cyclic amide) rings is 1. The predicted molar refractivity (Wildman–Crippen MR) is 164 cm³/mol. The number of aromatic nitrogens is 1. The number of esters is 1. The van der Waals surface area contributed by atoms with Crippen LogP contribution in [0.1, 0.15) is 53.8 Å². The first-order valence-electron chi connectivity index (χ1n) is 14.4. The molecule has 1 aromatic heterocycles. The Morgan fingerprint density at radius 3 is 2.56 bits per heavy atom. The normalized spacial score (nSPS) is 21.0. The molecule has 1 saturated heterocycles. The van der Waals surface area contributed by atoms with E-state index in [4.69, 9.17) is 4.74 Å². The molecule has 13 heteroatoms. The van der Waals surface area contributed by atoms with Crippen molar-refractivity contribution in [3.05, 3.63) is 92.9 Å². The Kier molecular flexibility index (Phi) is 7.96. The van der Waals surface area contributed by atoms with Gasteiger partial charge in [-0.05, 0) is 37.0 Å². The zero-order valence-electron chi connectivity index (χ0n) is 24.4. The molecule has 4 unspecified atom stereocenters.